The standard InChI is InChI=1S/C18H18FN3O5S/c1-9-10(2)28-16(20-11(3)23)15(9)17(25)27-8-14(24)22-18(26)21-13-7-5-4-6-12(13)19/h4-7H,8H2,1-3H3,(H,20,23)(H2,21,22,24,26). The number of carbonyl (C=O) groups excluding carboxylic acids is 4. The van der Waals surface area contributed by atoms with Crippen LogP contribution in [-0.2, 0) is 14.3 Å². The summed E-state index contributed by atoms with van der Waals surface area (Å²) in [5.74, 6) is -2.72. The number of ether oxygens (including phenoxy) is 1. The number of benzene rings is 1. The third-order valence-electron chi connectivity index (χ3n) is 3.59. The van der Waals surface area contributed by atoms with Crippen LogP contribution in [0.1, 0.15) is 27.7 Å². The molecule has 0 aliphatic rings. The molecule has 0 saturated heterocycles. The lowest BCUT2D eigenvalue weighted by Crippen LogP contribution is -2.37. The third-order valence-corrected chi connectivity index (χ3v) is 4.71. The van der Waals surface area contributed by atoms with Crippen LogP contribution in [0.15, 0.2) is 24.3 Å². The van der Waals surface area contributed by atoms with Crippen molar-refractivity contribution < 1.29 is 28.3 Å². The number of amides is 4. The summed E-state index contributed by atoms with van der Waals surface area (Å²) in [6, 6.07) is 4.47. The first kappa shape index (κ1) is 21.0. The number of esters is 1. The Labute approximate surface area is 164 Å². The molecule has 1 aromatic heterocycles. The quantitative estimate of drug-likeness (QED) is 0.660. The van der Waals surface area contributed by atoms with Crippen LogP contribution in [-0.4, -0.2) is 30.4 Å². The van der Waals surface area contributed by atoms with E-state index in [4.69, 9.17) is 4.74 Å². The fourth-order valence-electron chi connectivity index (χ4n) is 2.20. The van der Waals surface area contributed by atoms with E-state index in [9.17, 15) is 23.6 Å². The number of rotatable bonds is 5. The molecule has 0 spiro atoms. The number of hydrogen-bond donors (Lipinski definition) is 3. The Morgan fingerprint density at radius 2 is 1.79 bits per heavy atom. The molecule has 0 atom stereocenters. The molecule has 0 aliphatic carbocycles. The van der Waals surface area contributed by atoms with Crippen molar-refractivity contribution >= 4 is 45.8 Å². The average molecular weight is 407 g/mol. The highest BCUT2D eigenvalue weighted by Gasteiger charge is 2.22. The van der Waals surface area contributed by atoms with Gasteiger partial charge in [-0.25, -0.2) is 14.0 Å². The van der Waals surface area contributed by atoms with Crippen molar-refractivity contribution in [3.63, 3.8) is 0 Å². The van der Waals surface area contributed by atoms with E-state index in [1.54, 1.807) is 13.8 Å². The van der Waals surface area contributed by atoms with Gasteiger partial charge in [-0.2, -0.15) is 0 Å². The Bertz CT molecular complexity index is 941. The number of anilines is 2. The van der Waals surface area contributed by atoms with Gasteiger partial charge in [0, 0.05) is 11.8 Å². The zero-order valence-electron chi connectivity index (χ0n) is 15.3. The van der Waals surface area contributed by atoms with Gasteiger partial charge in [-0.05, 0) is 31.5 Å². The summed E-state index contributed by atoms with van der Waals surface area (Å²) in [6.07, 6.45) is 0. The molecule has 8 nitrogen and oxygen atoms in total. The molecule has 0 bridgehead atoms. The molecule has 0 saturated carbocycles. The maximum absolute atomic E-state index is 13.5. The minimum Gasteiger partial charge on any atom is -0.452 e. The molecule has 4 amide bonds. The Balaban J connectivity index is 1.94. The van der Waals surface area contributed by atoms with E-state index in [0.717, 1.165) is 10.9 Å². The fraction of sp³-hybridized carbons (Fsp3) is 0.222. The van der Waals surface area contributed by atoms with Crippen LogP contribution < -0.4 is 16.0 Å². The van der Waals surface area contributed by atoms with Gasteiger partial charge in [-0.1, -0.05) is 12.1 Å². The molecule has 0 radical (unpaired) electrons. The van der Waals surface area contributed by atoms with Crippen LogP contribution in [0.2, 0.25) is 0 Å². The third kappa shape index (κ3) is 5.36. The number of halogens is 1. The molecule has 2 aromatic rings. The summed E-state index contributed by atoms with van der Waals surface area (Å²) < 4.78 is 18.4. The molecule has 28 heavy (non-hydrogen) atoms. The van der Waals surface area contributed by atoms with E-state index < -0.39 is 30.3 Å². The summed E-state index contributed by atoms with van der Waals surface area (Å²) in [4.78, 5) is 47.9. The van der Waals surface area contributed by atoms with E-state index in [2.05, 4.69) is 10.6 Å². The molecular weight excluding hydrogens is 389 g/mol. The predicted molar refractivity (Wildman–Crippen MR) is 102 cm³/mol. The zero-order chi connectivity index (χ0) is 20.8. The predicted octanol–water partition coefficient (Wildman–Crippen LogP) is 2.97. The van der Waals surface area contributed by atoms with Gasteiger partial charge in [0.05, 0.1) is 11.3 Å². The fourth-order valence-corrected chi connectivity index (χ4v) is 3.30. The molecule has 148 valence electrons. The van der Waals surface area contributed by atoms with Gasteiger partial charge in [0.1, 0.15) is 10.8 Å². The van der Waals surface area contributed by atoms with Crippen LogP contribution in [0.25, 0.3) is 0 Å². The van der Waals surface area contributed by atoms with Crippen molar-refractivity contribution in [1.29, 1.82) is 0 Å². The highest BCUT2D eigenvalue weighted by atomic mass is 32.1. The second-order valence-corrected chi connectivity index (χ2v) is 6.95. The molecule has 1 aromatic carbocycles. The van der Waals surface area contributed by atoms with E-state index in [-0.39, 0.29) is 17.2 Å². The minimum atomic E-state index is -0.965. The van der Waals surface area contributed by atoms with Crippen molar-refractivity contribution in [2.45, 2.75) is 20.8 Å². The van der Waals surface area contributed by atoms with E-state index in [0.29, 0.717) is 10.6 Å². The van der Waals surface area contributed by atoms with Crippen LogP contribution >= 0.6 is 11.3 Å². The Morgan fingerprint density at radius 3 is 2.43 bits per heavy atom. The molecule has 0 unspecified atom stereocenters. The second kappa shape index (κ2) is 9.09. The molecule has 2 rings (SSSR count). The van der Waals surface area contributed by atoms with E-state index in [1.165, 1.54) is 36.5 Å². The first-order valence-corrected chi connectivity index (χ1v) is 8.90. The average Bonchev–Trinajstić information content (AvgIpc) is 2.88. The smallest absolute Gasteiger partial charge is 0.341 e. The molecule has 3 N–H and O–H groups in total. The highest BCUT2D eigenvalue weighted by molar-refractivity contribution is 7.16. The summed E-state index contributed by atoms with van der Waals surface area (Å²) in [5.41, 5.74) is 0.673. The van der Waals surface area contributed by atoms with E-state index >= 15 is 0 Å². The zero-order valence-corrected chi connectivity index (χ0v) is 16.2. The summed E-state index contributed by atoms with van der Waals surface area (Å²) >= 11 is 1.21. The Kier molecular flexibility index (Phi) is 6.83. The maximum Gasteiger partial charge on any atom is 0.341 e. The molecule has 1 heterocycles. The Hall–Kier alpha value is -3.27. The number of para-hydroxylation sites is 1. The first-order chi connectivity index (χ1) is 13.2. The van der Waals surface area contributed by atoms with Crippen LogP contribution in [0, 0.1) is 19.7 Å². The first-order valence-electron chi connectivity index (χ1n) is 8.09. The highest BCUT2D eigenvalue weighted by Crippen LogP contribution is 2.32. The summed E-state index contributed by atoms with van der Waals surface area (Å²) in [6.45, 7) is 4.05. The minimum absolute atomic E-state index is 0.103. The van der Waals surface area contributed by atoms with Gasteiger partial charge in [0.15, 0.2) is 6.61 Å². The largest absolute Gasteiger partial charge is 0.452 e. The van der Waals surface area contributed by atoms with Gasteiger partial charge >= 0.3 is 12.0 Å². The summed E-state index contributed by atoms with van der Waals surface area (Å²) in [7, 11) is 0. The molecular formula is C18H18FN3O5S. The normalized spacial score (nSPS) is 10.1. The molecule has 0 aliphatic heterocycles. The van der Waals surface area contributed by atoms with Crippen molar-refractivity contribution in [2.24, 2.45) is 0 Å². The summed E-state index contributed by atoms with van der Waals surface area (Å²) in [5, 5.41) is 6.97. The lowest BCUT2D eigenvalue weighted by molar-refractivity contribution is -0.123. The van der Waals surface area contributed by atoms with Crippen molar-refractivity contribution in [3.05, 3.63) is 46.1 Å². The number of imide groups is 1. The number of hydrogen-bond acceptors (Lipinski definition) is 6. The topological polar surface area (TPSA) is 114 Å². The monoisotopic (exact) mass is 407 g/mol. The number of thiophene rings is 1. The van der Waals surface area contributed by atoms with Gasteiger partial charge < -0.3 is 15.4 Å². The SMILES string of the molecule is CC(=O)Nc1sc(C)c(C)c1C(=O)OCC(=O)NC(=O)Nc1ccccc1F. The Morgan fingerprint density at radius 1 is 1.11 bits per heavy atom. The lowest BCUT2D eigenvalue weighted by Gasteiger charge is -2.09. The van der Waals surface area contributed by atoms with E-state index in [1.807, 2.05) is 5.32 Å². The van der Waals surface area contributed by atoms with Crippen molar-refractivity contribution in [1.82, 2.24) is 5.32 Å². The second-order valence-electron chi connectivity index (χ2n) is 5.73. The van der Waals surface area contributed by atoms with Gasteiger partial charge in [-0.3, -0.25) is 14.9 Å². The van der Waals surface area contributed by atoms with Crippen LogP contribution in [0.4, 0.5) is 19.9 Å². The van der Waals surface area contributed by atoms with Gasteiger partial charge in [-0.15, -0.1) is 11.3 Å². The van der Waals surface area contributed by atoms with Gasteiger partial charge in [0.2, 0.25) is 5.91 Å². The van der Waals surface area contributed by atoms with Gasteiger partial charge in [0.25, 0.3) is 5.91 Å². The number of carbonyl (C=O) groups is 4. The lowest BCUT2D eigenvalue weighted by atomic mass is 10.1. The number of urea groups is 1. The van der Waals surface area contributed by atoms with Crippen LogP contribution in [0.3, 0.4) is 0 Å². The van der Waals surface area contributed by atoms with Crippen LogP contribution in [0.5, 0.6) is 0 Å². The molecule has 10 heteroatoms. The van der Waals surface area contributed by atoms with Crippen molar-refractivity contribution in [3.8, 4) is 0 Å². The van der Waals surface area contributed by atoms with Crippen molar-refractivity contribution in [2.75, 3.05) is 17.2 Å². The number of aryl methyl sites for hydroxylation is 1. The maximum atomic E-state index is 13.5. The number of nitrogens with one attached hydrogen (secondary N) is 3. The molecule has 0 fully saturated rings.